The molecule has 0 amide bonds. The number of aliphatic hydroxyl groups excluding tert-OH is 1. The van der Waals surface area contributed by atoms with Gasteiger partial charge in [-0.25, -0.2) is 0 Å². The molecule has 0 fully saturated rings. The summed E-state index contributed by atoms with van der Waals surface area (Å²) in [5.41, 5.74) is 3.40. The molecule has 3 aromatic carbocycles. The van der Waals surface area contributed by atoms with Crippen LogP contribution >= 0.6 is 0 Å². The van der Waals surface area contributed by atoms with Gasteiger partial charge in [-0.15, -0.1) is 17.7 Å². The number of nitrogens with zero attached hydrogens (tertiary/aromatic N) is 1. The van der Waals surface area contributed by atoms with E-state index >= 15 is 0 Å². The van der Waals surface area contributed by atoms with Crippen LogP contribution in [0.5, 0.6) is 0 Å². The summed E-state index contributed by atoms with van der Waals surface area (Å²) in [6.45, 7) is 14.7. The zero-order valence-electron chi connectivity index (χ0n) is 30.8. The van der Waals surface area contributed by atoms with E-state index in [4.69, 9.17) is 13.5 Å². The van der Waals surface area contributed by atoms with Crippen molar-refractivity contribution in [2.45, 2.75) is 86.8 Å². The summed E-state index contributed by atoms with van der Waals surface area (Å²) in [6, 6.07) is 22.8. The normalized spacial score (nSPS) is 13.6. The van der Waals surface area contributed by atoms with Gasteiger partial charge in [-0.1, -0.05) is 120 Å². The number of furan rings is 1. The van der Waals surface area contributed by atoms with E-state index in [1.807, 2.05) is 77.1 Å². The number of allylic oxidation sites excluding steroid dienone is 2. The van der Waals surface area contributed by atoms with Gasteiger partial charge in [-0.2, -0.15) is 0 Å². The van der Waals surface area contributed by atoms with Gasteiger partial charge < -0.3 is 9.52 Å². The van der Waals surface area contributed by atoms with Crippen molar-refractivity contribution in [2.24, 2.45) is 11.3 Å². The maximum Gasteiger partial charge on any atom is 0.164 e. The summed E-state index contributed by atoms with van der Waals surface area (Å²) in [5.74, 6) is 0.437. The molecule has 0 unspecified atom stereocenters. The molecular formula is C39H48IrNO3Si-. The summed E-state index contributed by atoms with van der Waals surface area (Å²) in [5, 5.41) is 14.0. The van der Waals surface area contributed by atoms with Gasteiger partial charge >= 0.3 is 0 Å². The van der Waals surface area contributed by atoms with Crippen molar-refractivity contribution >= 4 is 51.9 Å². The van der Waals surface area contributed by atoms with Crippen LogP contribution in [0.15, 0.2) is 76.9 Å². The Balaban J connectivity index is 0.000000316. The van der Waals surface area contributed by atoms with Gasteiger partial charge in [0.15, 0.2) is 5.78 Å². The minimum Gasteiger partial charge on any atom is -0.512 e. The van der Waals surface area contributed by atoms with Gasteiger partial charge in [0.05, 0.1) is 24.9 Å². The second-order valence-corrected chi connectivity index (χ2v) is 18.0. The predicted molar refractivity (Wildman–Crippen MR) is 189 cm³/mol. The number of aliphatic hydroxyl groups is 1. The summed E-state index contributed by atoms with van der Waals surface area (Å²) >= 11 is 0. The number of rotatable bonds is 9. The van der Waals surface area contributed by atoms with Crippen molar-refractivity contribution in [3.63, 3.8) is 0 Å². The summed E-state index contributed by atoms with van der Waals surface area (Å²) in [6.07, 6.45) is 4.83. The van der Waals surface area contributed by atoms with Gasteiger partial charge in [0.1, 0.15) is 5.58 Å². The molecule has 1 N–H and O–H groups in total. The molecular weight excluding hydrogens is 751 g/mol. The molecule has 6 heteroatoms. The Hall–Kier alpha value is -3.05. The molecule has 0 bridgehead atoms. The van der Waals surface area contributed by atoms with Crippen LogP contribution in [0.25, 0.3) is 44.1 Å². The predicted octanol–water partition coefficient (Wildman–Crippen LogP) is 10.7. The van der Waals surface area contributed by atoms with Gasteiger partial charge in [-0.3, -0.25) is 9.78 Å². The number of hydrogen-bond donors (Lipinski definition) is 1. The Morgan fingerprint density at radius 1 is 1.00 bits per heavy atom. The molecule has 2 heterocycles. The van der Waals surface area contributed by atoms with E-state index in [9.17, 15) is 9.90 Å². The van der Waals surface area contributed by atoms with Crippen molar-refractivity contribution < 1.29 is 38.5 Å². The Kier molecular flexibility index (Phi) is 10.7. The summed E-state index contributed by atoms with van der Waals surface area (Å²) < 4.78 is 30.2. The first-order valence-corrected chi connectivity index (χ1v) is 19.3. The molecule has 45 heavy (non-hydrogen) atoms. The maximum absolute atomic E-state index is 12.0. The first-order valence-electron chi connectivity index (χ1n) is 17.3. The number of para-hydroxylation sites is 2. The SMILES string of the molecule is CCC(CC)/C(O)=C/C(=O)C(C)(CC)CC.[2H]C([2H])([2H])c1[c-]c(-c2cc([Si](C)(C)C)c3ccccc3n2)c2oc3ccccc3c2c1.[Ir]. The number of carbonyl (C=O) groups excluding carboxylic acids is 1. The number of pyridine rings is 1. The zero-order chi connectivity index (χ0) is 34.7. The molecule has 4 nitrogen and oxygen atoms in total. The first kappa shape index (κ1) is 31.9. The van der Waals surface area contributed by atoms with Gasteiger partial charge in [0.2, 0.25) is 0 Å². The molecule has 5 aromatic rings. The molecule has 0 spiro atoms. The molecule has 2 aromatic heterocycles. The molecule has 0 aliphatic rings. The number of benzene rings is 3. The fraction of sp³-hybridized carbons (Fsp3) is 0.385. The van der Waals surface area contributed by atoms with E-state index < -0.39 is 14.9 Å². The van der Waals surface area contributed by atoms with Crippen molar-refractivity contribution in [1.29, 1.82) is 0 Å². The molecule has 0 saturated heterocycles. The van der Waals surface area contributed by atoms with E-state index in [2.05, 4.69) is 37.8 Å². The number of aryl methyl sites for hydroxylation is 1. The number of ketones is 1. The van der Waals surface area contributed by atoms with Gasteiger partial charge in [0.25, 0.3) is 0 Å². The minimum atomic E-state index is -2.28. The topological polar surface area (TPSA) is 63.3 Å². The zero-order valence-corrected chi connectivity index (χ0v) is 31.2. The molecule has 241 valence electrons. The average molecular weight is 802 g/mol. The van der Waals surface area contributed by atoms with Crippen molar-refractivity contribution in [3.8, 4) is 11.3 Å². The number of carbonyl (C=O) groups is 1. The Labute approximate surface area is 287 Å². The van der Waals surface area contributed by atoms with Crippen molar-refractivity contribution in [3.05, 3.63) is 84.1 Å². The number of aromatic nitrogens is 1. The van der Waals surface area contributed by atoms with Crippen LogP contribution in [-0.4, -0.2) is 23.9 Å². The molecule has 0 aliphatic heterocycles. The quantitative estimate of drug-likeness (QED) is 0.0698. The van der Waals surface area contributed by atoms with Crippen LogP contribution in [0, 0.1) is 24.3 Å². The minimum absolute atomic E-state index is 0. The fourth-order valence-corrected chi connectivity index (χ4v) is 7.19. The standard InChI is InChI=1S/C25H22NOSi.C14H26O2.Ir/c1-16-13-19-17-9-6-8-12-23(17)27-25(19)20(14-16)22-15-24(28(2,3)4)18-10-5-7-11-21(18)26-22;1-6-11(7-2)12(15)10-13(16)14(5,8-3)9-4;/h5-13,15H,1-4H3;10-11,15H,6-9H2,1-5H3;/q-1;;/b;12-10-;/i1D3;;. The average Bonchev–Trinajstić information content (AvgIpc) is 3.42. The molecule has 0 aliphatic carbocycles. The van der Waals surface area contributed by atoms with E-state index in [0.717, 1.165) is 52.9 Å². The monoisotopic (exact) mass is 802 g/mol. The molecule has 1 radical (unpaired) electrons. The molecule has 5 rings (SSSR count). The van der Waals surface area contributed by atoms with E-state index in [1.54, 1.807) is 6.07 Å². The third kappa shape index (κ3) is 7.85. The third-order valence-corrected chi connectivity index (χ3v) is 11.1. The molecule has 0 saturated carbocycles. The molecule has 0 atom stereocenters. The fourth-order valence-electron chi connectivity index (χ4n) is 5.60. The van der Waals surface area contributed by atoms with E-state index in [0.29, 0.717) is 16.8 Å². The van der Waals surface area contributed by atoms with Crippen LogP contribution in [0.3, 0.4) is 0 Å². The van der Waals surface area contributed by atoms with E-state index in [1.165, 1.54) is 11.3 Å². The first-order chi connectivity index (χ1) is 22.1. The van der Waals surface area contributed by atoms with Crippen LogP contribution < -0.4 is 5.19 Å². The Morgan fingerprint density at radius 3 is 2.22 bits per heavy atom. The Bertz CT molecular complexity index is 1920. The third-order valence-electron chi connectivity index (χ3n) is 9.03. The van der Waals surface area contributed by atoms with Crippen molar-refractivity contribution in [1.82, 2.24) is 4.98 Å². The van der Waals surface area contributed by atoms with Crippen LogP contribution in [0.2, 0.25) is 19.6 Å². The largest absolute Gasteiger partial charge is 0.512 e. The second kappa shape index (κ2) is 15.0. The van der Waals surface area contributed by atoms with Crippen LogP contribution in [-0.2, 0) is 24.9 Å². The second-order valence-electron chi connectivity index (χ2n) is 12.9. The summed E-state index contributed by atoms with van der Waals surface area (Å²) in [7, 11) is -1.71. The van der Waals surface area contributed by atoms with Crippen LogP contribution in [0.1, 0.15) is 70.0 Å². The van der Waals surface area contributed by atoms with Crippen LogP contribution in [0.4, 0.5) is 0 Å². The Morgan fingerprint density at radius 2 is 1.62 bits per heavy atom. The summed E-state index contributed by atoms with van der Waals surface area (Å²) in [4.78, 5) is 16.9. The smallest absolute Gasteiger partial charge is 0.164 e. The maximum atomic E-state index is 12.0. The van der Waals surface area contributed by atoms with Gasteiger partial charge in [-0.05, 0) is 48.9 Å². The van der Waals surface area contributed by atoms with E-state index in [-0.39, 0.29) is 48.5 Å². The number of hydrogen-bond acceptors (Lipinski definition) is 4. The number of fused-ring (bicyclic) bond motifs is 4. The van der Waals surface area contributed by atoms with Gasteiger partial charge in [0, 0.05) is 47.0 Å². The van der Waals surface area contributed by atoms with Crippen molar-refractivity contribution in [2.75, 3.05) is 0 Å².